The Kier molecular flexibility index (Phi) is 5.85. The van der Waals surface area contributed by atoms with Gasteiger partial charge in [0.2, 0.25) is 15.9 Å². The number of sulfonamides is 1. The summed E-state index contributed by atoms with van der Waals surface area (Å²) in [6.07, 6.45) is 3.50. The number of nitrogens with one attached hydrogen (secondary N) is 2. The van der Waals surface area contributed by atoms with Crippen molar-refractivity contribution < 1.29 is 18.1 Å². The molecule has 28 heavy (non-hydrogen) atoms. The molecule has 0 bridgehead atoms. The Hall–Kier alpha value is -3.05. The zero-order valence-electron chi connectivity index (χ0n) is 14.8. The number of rotatable bonds is 6. The lowest BCUT2D eigenvalue weighted by atomic mass is 9.98. The second-order valence-electron chi connectivity index (χ2n) is 6.26. The maximum atomic E-state index is 12.6. The largest absolute Gasteiger partial charge is 0.294 e. The van der Waals surface area contributed by atoms with E-state index in [1.807, 2.05) is 0 Å². The number of para-hydroxylation sites is 2. The summed E-state index contributed by atoms with van der Waals surface area (Å²) in [6.45, 7) is 0.418. The number of anilines is 1. The third kappa shape index (κ3) is 4.26. The molecular formula is C17H19N5O5S. The van der Waals surface area contributed by atoms with E-state index in [0.29, 0.717) is 12.8 Å². The molecule has 148 valence electrons. The number of carbonyl (C=O) groups excluding carboxylic acids is 1. The van der Waals surface area contributed by atoms with Gasteiger partial charge in [0.25, 0.3) is 5.69 Å². The molecule has 2 N–H and O–H groups in total. The number of aromatic nitrogens is 1. The van der Waals surface area contributed by atoms with Crippen LogP contribution in [0, 0.1) is 16.0 Å². The monoisotopic (exact) mass is 405 g/mol. The standard InChI is InChI=1S/C17H19N5O5S/c23-17(20-19-15-5-1-2-6-16(15)22(24)25)13-7-10-21(11-8-13)28(26,27)14-4-3-9-18-12-14/h1-6,9,12-13,19H,7-8,10-11H2,(H,20,23). The van der Waals surface area contributed by atoms with Gasteiger partial charge < -0.3 is 0 Å². The molecule has 0 saturated carbocycles. The molecule has 0 atom stereocenters. The van der Waals surface area contributed by atoms with E-state index >= 15 is 0 Å². The van der Waals surface area contributed by atoms with Gasteiger partial charge in [0, 0.05) is 37.5 Å². The fourth-order valence-corrected chi connectivity index (χ4v) is 4.41. The maximum absolute atomic E-state index is 12.6. The molecule has 0 aliphatic carbocycles. The zero-order valence-corrected chi connectivity index (χ0v) is 15.6. The molecule has 3 rings (SSSR count). The molecule has 2 aromatic rings. The Bertz CT molecular complexity index is 959. The number of carbonyl (C=O) groups is 1. The number of nitrogens with zero attached hydrogens (tertiary/aromatic N) is 3. The summed E-state index contributed by atoms with van der Waals surface area (Å²) in [5, 5.41) is 11.0. The molecule has 1 aliphatic rings. The summed E-state index contributed by atoms with van der Waals surface area (Å²) in [7, 11) is -3.63. The van der Waals surface area contributed by atoms with Crippen LogP contribution < -0.4 is 10.9 Å². The fourth-order valence-electron chi connectivity index (χ4n) is 2.98. The minimum absolute atomic E-state index is 0.121. The van der Waals surface area contributed by atoms with E-state index in [2.05, 4.69) is 15.8 Å². The zero-order chi connectivity index (χ0) is 20.1. The van der Waals surface area contributed by atoms with Crippen LogP contribution in [0.15, 0.2) is 53.7 Å². The van der Waals surface area contributed by atoms with Crippen molar-refractivity contribution in [1.82, 2.24) is 14.7 Å². The number of pyridine rings is 1. The van der Waals surface area contributed by atoms with Crippen molar-refractivity contribution in [1.29, 1.82) is 0 Å². The van der Waals surface area contributed by atoms with Crippen molar-refractivity contribution in [2.24, 2.45) is 5.92 Å². The first-order chi connectivity index (χ1) is 13.4. The van der Waals surface area contributed by atoms with Gasteiger partial charge in [0.15, 0.2) is 0 Å². The van der Waals surface area contributed by atoms with Crippen LogP contribution in [0.2, 0.25) is 0 Å². The van der Waals surface area contributed by atoms with Gasteiger partial charge in [0.1, 0.15) is 10.6 Å². The number of hydrogen-bond donors (Lipinski definition) is 2. The van der Waals surface area contributed by atoms with Gasteiger partial charge in [0.05, 0.1) is 4.92 Å². The van der Waals surface area contributed by atoms with E-state index in [-0.39, 0.29) is 35.3 Å². The lowest BCUT2D eigenvalue weighted by Crippen LogP contribution is -2.44. The van der Waals surface area contributed by atoms with Gasteiger partial charge in [-0.3, -0.25) is 30.7 Å². The molecule has 0 spiro atoms. The van der Waals surface area contributed by atoms with E-state index in [1.54, 1.807) is 12.1 Å². The predicted molar refractivity (Wildman–Crippen MR) is 101 cm³/mol. The van der Waals surface area contributed by atoms with E-state index in [4.69, 9.17) is 0 Å². The average molecular weight is 405 g/mol. The van der Waals surface area contributed by atoms with Crippen molar-refractivity contribution in [3.63, 3.8) is 0 Å². The van der Waals surface area contributed by atoms with Gasteiger partial charge in [-0.25, -0.2) is 8.42 Å². The summed E-state index contributed by atoms with van der Waals surface area (Å²) in [4.78, 5) is 26.8. The molecule has 1 fully saturated rings. The molecule has 1 saturated heterocycles. The van der Waals surface area contributed by atoms with Gasteiger partial charge >= 0.3 is 0 Å². The number of amides is 1. The highest BCUT2D eigenvalue weighted by molar-refractivity contribution is 7.89. The smallest absolute Gasteiger partial charge is 0.292 e. The maximum Gasteiger partial charge on any atom is 0.294 e. The third-order valence-electron chi connectivity index (χ3n) is 4.52. The second kappa shape index (κ2) is 8.31. The van der Waals surface area contributed by atoms with E-state index in [9.17, 15) is 23.3 Å². The number of benzene rings is 1. The Morgan fingerprint density at radius 3 is 2.54 bits per heavy atom. The fraction of sp³-hybridized carbons (Fsp3) is 0.294. The SMILES string of the molecule is O=C(NNc1ccccc1[N+](=O)[O-])C1CCN(S(=O)(=O)c2cccnc2)CC1. The summed E-state index contributed by atoms with van der Waals surface area (Å²) in [5.41, 5.74) is 5.08. The van der Waals surface area contributed by atoms with Crippen LogP contribution >= 0.6 is 0 Å². The molecule has 0 radical (unpaired) electrons. The highest BCUT2D eigenvalue weighted by Crippen LogP contribution is 2.25. The van der Waals surface area contributed by atoms with E-state index in [0.717, 1.165) is 0 Å². The van der Waals surface area contributed by atoms with Gasteiger partial charge in [-0.2, -0.15) is 4.31 Å². The van der Waals surface area contributed by atoms with Crippen LogP contribution in [0.4, 0.5) is 11.4 Å². The minimum atomic E-state index is -3.63. The summed E-state index contributed by atoms with van der Waals surface area (Å²) in [5.74, 6) is -0.729. The molecule has 11 heteroatoms. The van der Waals surface area contributed by atoms with Crippen molar-refractivity contribution in [3.8, 4) is 0 Å². The van der Waals surface area contributed by atoms with Crippen molar-refractivity contribution >= 4 is 27.3 Å². The van der Waals surface area contributed by atoms with Crippen molar-refractivity contribution in [3.05, 3.63) is 58.9 Å². The van der Waals surface area contributed by atoms with Crippen molar-refractivity contribution in [2.45, 2.75) is 17.7 Å². The number of piperidine rings is 1. The number of hydrogen-bond acceptors (Lipinski definition) is 7. The van der Waals surface area contributed by atoms with Crippen molar-refractivity contribution in [2.75, 3.05) is 18.5 Å². The Morgan fingerprint density at radius 2 is 1.89 bits per heavy atom. The molecular weight excluding hydrogens is 386 g/mol. The second-order valence-corrected chi connectivity index (χ2v) is 8.19. The molecule has 10 nitrogen and oxygen atoms in total. The minimum Gasteiger partial charge on any atom is -0.292 e. The molecule has 1 aromatic carbocycles. The van der Waals surface area contributed by atoms with E-state index in [1.165, 1.54) is 41.0 Å². The Morgan fingerprint density at radius 1 is 1.18 bits per heavy atom. The van der Waals surface area contributed by atoms with Crippen LogP contribution in [0.3, 0.4) is 0 Å². The van der Waals surface area contributed by atoms with Gasteiger partial charge in [-0.1, -0.05) is 12.1 Å². The molecule has 1 aromatic heterocycles. The molecule has 1 amide bonds. The molecule has 0 unspecified atom stereocenters. The van der Waals surface area contributed by atoms with Crippen LogP contribution in [-0.2, 0) is 14.8 Å². The normalized spacial score (nSPS) is 15.7. The number of nitro benzene ring substituents is 1. The topological polar surface area (TPSA) is 135 Å². The first-order valence-corrected chi connectivity index (χ1v) is 10.0. The first-order valence-electron chi connectivity index (χ1n) is 8.59. The lowest BCUT2D eigenvalue weighted by molar-refractivity contribution is -0.384. The van der Waals surface area contributed by atoms with Crippen LogP contribution in [0.1, 0.15) is 12.8 Å². The summed E-state index contributed by atoms with van der Waals surface area (Å²) in [6, 6.07) is 9.00. The first kappa shape index (κ1) is 19.7. The molecule has 2 heterocycles. The predicted octanol–water partition coefficient (Wildman–Crippen LogP) is 1.53. The summed E-state index contributed by atoms with van der Waals surface area (Å²) >= 11 is 0. The highest BCUT2D eigenvalue weighted by atomic mass is 32.2. The van der Waals surface area contributed by atoms with Crippen LogP contribution in [0.25, 0.3) is 0 Å². The molecule has 1 aliphatic heterocycles. The van der Waals surface area contributed by atoms with E-state index < -0.39 is 20.9 Å². The Labute approximate surface area is 161 Å². The third-order valence-corrected chi connectivity index (χ3v) is 6.40. The Balaban J connectivity index is 1.57. The van der Waals surface area contributed by atoms with Crippen LogP contribution in [0.5, 0.6) is 0 Å². The lowest BCUT2D eigenvalue weighted by Gasteiger charge is -2.30. The average Bonchev–Trinajstić information content (AvgIpc) is 2.73. The number of hydrazine groups is 1. The highest BCUT2D eigenvalue weighted by Gasteiger charge is 2.32. The quantitative estimate of drug-likeness (QED) is 0.550. The van der Waals surface area contributed by atoms with Crippen LogP contribution in [-0.4, -0.2) is 41.6 Å². The van der Waals surface area contributed by atoms with Gasteiger partial charge in [-0.15, -0.1) is 0 Å². The van der Waals surface area contributed by atoms with Gasteiger partial charge in [-0.05, 0) is 31.0 Å². The number of nitro groups is 1. The summed E-state index contributed by atoms with van der Waals surface area (Å²) < 4.78 is 26.5.